The molecule has 0 spiro atoms. The van der Waals surface area contributed by atoms with Gasteiger partial charge in [-0.1, -0.05) is 29.8 Å². The van der Waals surface area contributed by atoms with Crippen molar-refractivity contribution in [1.82, 2.24) is 0 Å². The Morgan fingerprint density at radius 2 is 1.82 bits per heavy atom. The fraction of sp³-hybridized carbons (Fsp3) is 0.0556. The number of halogens is 3. The number of amides is 1. The van der Waals surface area contributed by atoms with Gasteiger partial charge in [-0.2, -0.15) is 0 Å². The molecule has 1 heterocycles. The lowest BCUT2D eigenvalue weighted by molar-refractivity contribution is -0.114. The monoisotopic (exact) mass is 442 g/mol. The molecule has 3 aromatic rings. The molecule has 28 heavy (non-hydrogen) atoms. The van der Waals surface area contributed by atoms with Gasteiger partial charge in [0.05, 0.1) is 10.7 Å². The van der Waals surface area contributed by atoms with Crippen molar-refractivity contribution in [2.45, 2.75) is 4.21 Å². The van der Waals surface area contributed by atoms with Crippen molar-refractivity contribution in [1.29, 1.82) is 0 Å². The van der Waals surface area contributed by atoms with Gasteiger partial charge in [0.2, 0.25) is 5.91 Å². The molecule has 1 amide bonds. The van der Waals surface area contributed by atoms with Crippen LogP contribution in [-0.2, 0) is 14.8 Å². The lowest BCUT2D eigenvalue weighted by Gasteiger charge is -2.23. The minimum atomic E-state index is -4.17. The van der Waals surface area contributed by atoms with E-state index in [4.69, 9.17) is 11.6 Å². The van der Waals surface area contributed by atoms with Crippen LogP contribution in [0.3, 0.4) is 0 Å². The molecule has 0 aliphatic heterocycles. The molecule has 0 saturated carbocycles. The lowest BCUT2D eigenvalue weighted by atomic mass is 10.3. The van der Waals surface area contributed by atoms with E-state index < -0.39 is 34.1 Å². The summed E-state index contributed by atoms with van der Waals surface area (Å²) in [6, 6.07) is 11.7. The summed E-state index contributed by atoms with van der Waals surface area (Å²) in [7, 11) is -4.17. The first-order valence-corrected chi connectivity index (χ1v) is 10.5. The predicted octanol–water partition coefficient (Wildman–Crippen LogP) is 4.51. The zero-order valence-corrected chi connectivity index (χ0v) is 16.5. The standard InChI is InChI=1S/C18H13ClF2N2O3S2/c19-13-10-12(7-8-14(13)20)22-17(24)11-23(16-5-2-1-4-15(16)21)28(25,26)18-6-3-9-27-18/h1-10H,11H2,(H,22,24). The number of anilines is 2. The van der Waals surface area contributed by atoms with E-state index in [2.05, 4.69) is 5.32 Å². The van der Waals surface area contributed by atoms with Crippen LogP contribution in [0.1, 0.15) is 0 Å². The molecule has 0 fully saturated rings. The molecule has 0 bridgehead atoms. The van der Waals surface area contributed by atoms with Crippen LogP contribution in [0.4, 0.5) is 20.2 Å². The topological polar surface area (TPSA) is 66.5 Å². The number of benzene rings is 2. The average molecular weight is 443 g/mol. The van der Waals surface area contributed by atoms with Crippen molar-refractivity contribution in [2.24, 2.45) is 0 Å². The summed E-state index contributed by atoms with van der Waals surface area (Å²) in [4.78, 5) is 12.4. The third-order valence-electron chi connectivity index (χ3n) is 3.65. The van der Waals surface area contributed by atoms with Crippen LogP contribution in [0, 0.1) is 11.6 Å². The Morgan fingerprint density at radius 3 is 2.46 bits per heavy atom. The fourth-order valence-corrected chi connectivity index (χ4v) is 5.09. The molecular weight excluding hydrogens is 430 g/mol. The Bertz CT molecular complexity index is 1110. The molecule has 5 nitrogen and oxygen atoms in total. The van der Waals surface area contributed by atoms with E-state index in [0.717, 1.165) is 23.5 Å². The molecular formula is C18H13ClF2N2O3S2. The summed E-state index contributed by atoms with van der Waals surface area (Å²) in [6.45, 7) is -0.684. The minimum Gasteiger partial charge on any atom is -0.324 e. The van der Waals surface area contributed by atoms with E-state index in [0.29, 0.717) is 4.31 Å². The van der Waals surface area contributed by atoms with Crippen LogP contribution in [-0.4, -0.2) is 20.9 Å². The zero-order valence-electron chi connectivity index (χ0n) is 14.1. The molecule has 0 unspecified atom stereocenters. The van der Waals surface area contributed by atoms with Gasteiger partial charge in [-0.15, -0.1) is 11.3 Å². The van der Waals surface area contributed by atoms with Gasteiger partial charge >= 0.3 is 0 Å². The third kappa shape index (κ3) is 4.32. The van der Waals surface area contributed by atoms with Crippen LogP contribution in [0.15, 0.2) is 64.2 Å². The fourth-order valence-electron chi connectivity index (χ4n) is 2.38. The number of nitrogens with one attached hydrogen (secondary N) is 1. The van der Waals surface area contributed by atoms with Gasteiger partial charge in [0, 0.05) is 5.69 Å². The Morgan fingerprint density at radius 1 is 1.07 bits per heavy atom. The van der Waals surface area contributed by atoms with E-state index in [1.54, 1.807) is 5.38 Å². The van der Waals surface area contributed by atoms with Crippen molar-refractivity contribution < 1.29 is 22.0 Å². The maximum atomic E-state index is 14.3. The second-order valence-electron chi connectivity index (χ2n) is 5.57. The number of carbonyl (C=O) groups is 1. The largest absolute Gasteiger partial charge is 0.324 e. The van der Waals surface area contributed by atoms with Gasteiger partial charge in [0.1, 0.15) is 22.4 Å². The molecule has 0 atom stereocenters. The highest BCUT2D eigenvalue weighted by molar-refractivity contribution is 7.94. The van der Waals surface area contributed by atoms with Crippen molar-refractivity contribution in [3.05, 3.63) is 76.6 Å². The molecule has 0 saturated heterocycles. The van der Waals surface area contributed by atoms with Crippen molar-refractivity contribution in [3.8, 4) is 0 Å². The summed E-state index contributed by atoms with van der Waals surface area (Å²) in [5.41, 5.74) is -0.0819. The highest BCUT2D eigenvalue weighted by Crippen LogP contribution is 2.28. The van der Waals surface area contributed by atoms with Gasteiger partial charge in [0.25, 0.3) is 10.0 Å². The van der Waals surface area contributed by atoms with E-state index in [9.17, 15) is 22.0 Å². The van der Waals surface area contributed by atoms with Crippen LogP contribution >= 0.6 is 22.9 Å². The SMILES string of the molecule is O=C(CN(c1ccccc1F)S(=O)(=O)c1cccs1)Nc1ccc(F)c(Cl)c1. The van der Waals surface area contributed by atoms with Crippen LogP contribution in [0.25, 0.3) is 0 Å². The first-order chi connectivity index (χ1) is 13.3. The van der Waals surface area contributed by atoms with Crippen LogP contribution < -0.4 is 9.62 Å². The number of thiophene rings is 1. The quantitative estimate of drug-likeness (QED) is 0.610. The third-order valence-corrected chi connectivity index (χ3v) is 7.07. The van der Waals surface area contributed by atoms with Gasteiger partial charge in [-0.05, 0) is 41.8 Å². The van der Waals surface area contributed by atoms with Gasteiger partial charge in [-0.25, -0.2) is 17.2 Å². The number of carbonyl (C=O) groups excluding carboxylic acids is 1. The Labute approximate surface area is 169 Å². The second kappa shape index (κ2) is 8.26. The maximum Gasteiger partial charge on any atom is 0.274 e. The number of para-hydroxylation sites is 1. The van der Waals surface area contributed by atoms with E-state index in [1.165, 1.54) is 42.5 Å². The molecule has 0 aliphatic rings. The summed E-state index contributed by atoms with van der Waals surface area (Å²) < 4.78 is 54.1. The number of nitrogens with zero attached hydrogens (tertiary/aromatic N) is 1. The summed E-state index contributed by atoms with van der Waals surface area (Å²) in [5, 5.41) is 3.80. The first-order valence-electron chi connectivity index (χ1n) is 7.85. The van der Waals surface area contributed by atoms with Crippen molar-refractivity contribution >= 4 is 50.2 Å². The first kappa shape index (κ1) is 20.2. The molecule has 1 N–H and O–H groups in total. The summed E-state index contributed by atoms with van der Waals surface area (Å²) in [5.74, 6) is -2.20. The molecule has 2 aromatic carbocycles. The molecule has 3 rings (SSSR count). The van der Waals surface area contributed by atoms with Crippen molar-refractivity contribution in [3.63, 3.8) is 0 Å². The van der Waals surface area contributed by atoms with Crippen molar-refractivity contribution in [2.75, 3.05) is 16.2 Å². The van der Waals surface area contributed by atoms with E-state index in [-0.39, 0.29) is 20.6 Å². The summed E-state index contributed by atoms with van der Waals surface area (Å²) in [6.07, 6.45) is 0. The Balaban J connectivity index is 1.92. The minimum absolute atomic E-state index is 0.0339. The lowest BCUT2D eigenvalue weighted by Crippen LogP contribution is -2.38. The number of hydrogen-bond donors (Lipinski definition) is 1. The number of rotatable bonds is 6. The van der Waals surface area contributed by atoms with Crippen LogP contribution in [0.2, 0.25) is 5.02 Å². The average Bonchev–Trinajstić information content (AvgIpc) is 3.19. The van der Waals surface area contributed by atoms with Gasteiger partial charge in [0.15, 0.2) is 0 Å². The highest BCUT2D eigenvalue weighted by Gasteiger charge is 2.29. The normalized spacial score (nSPS) is 11.2. The Hall–Kier alpha value is -2.49. The maximum absolute atomic E-state index is 14.3. The highest BCUT2D eigenvalue weighted by atomic mass is 35.5. The molecule has 0 radical (unpaired) electrons. The van der Waals surface area contributed by atoms with Crippen LogP contribution in [0.5, 0.6) is 0 Å². The Kier molecular flexibility index (Phi) is 5.97. The number of sulfonamides is 1. The predicted molar refractivity (Wildman–Crippen MR) is 105 cm³/mol. The molecule has 1 aromatic heterocycles. The van der Waals surface area contributed by atoms with E-state index >= 15 is 0 Å². The van der Waals surface area contributed by atoms with Gasteiger partial charge in [-0.3, -0.25) is 9.10 Å². The van der Waals surface area contributed by atoms with Gasteiger partial charge < -0.3 is 5.32 Å². The molecule has 0 aliphatic carbocycles. The zero-order chi connectivity index (χ0) is 20.3. The second-order valence-corrected chi connectivity index (χ2v) is 9.02. The molecule has 10 heteroatoms. The summed E-state index contributed by atoms with van der Waals surface area (Å²) >= 11 is 6.63. The molecule has 146 valence electrons. The number of hydrogen-bond acceptors (Lipinski definition) is 4. The smallest absolute Gasteiger partial charge is 0.274 e. The van der Waals surface area contributed by atoms with E-state index in [1.807, 2.05) is 0 Å².